The fourth-order valence-electron chi connectivity index (χ4n) is 13.6. The molecule has 0 saturated heterocycles. The van der Waals surface area contributed by atoms with Crippen molar-refractivity contribution < 1.29 is 80.2 Å². The molecule has 0 aromatic heterocycles. The first-order chi connectivity index (χ1) is 51.4. The topological polar surface area (TPSA) is 237 Å². The maximum absolute atomic E-state index is 13.2. The number of aliphatic hydroxyl groups excluding tert-OH is 1. The van der Waals surface area contributed by atoms with E-state index in [0.717, 1.165) is 102 Å². The molecule has 0 aliphatic carbocycles. The van der Waals surface area contributed by atoms with Gasteiger partial charge in [0.25, 0.3) is 0 Å². The molecule has 0 radical (unpaired) electrons. The third kappa shape index (κ3) is 78.7. The van der Waals surface area contributed by atoms with Crippen molar-refractivity contribution in [3.8, 4) is 0 Å². The number of hydrogen-bond acceptors (Lipinski definition) is 15. The van der Waals surface area contributed by atoms with Crippen LogP contribution in [0.25, 0.3) is 0 Å². The van der Waals surface area contributed by atoms with Crippen molar-refractivity contribution >= 4 is 39.5 Å². The van der Waals surface area contributed by atoms with Gasteiger partial charge in [0.2, 0.25) is 0 Å². The fraction of sp³-hybridized carbons (Fsp3) is 0.954. The molecule has 0 rings (SSSR count). The lowest BCUT2D eigenvalue weighted by atomic mass is 9.99. The number of phosphoric acid groups is 2. The average molecular weight is 1550 g/mol. The van der Waals surface area contributed by atoms with E-state index in [1.807, 2.05) is 0 Å². The number of hydrogen-bond donors (Lipinski definition) is 3. The van der Waals surface area contributed by atoms with Gasteiger partial charge in [-0.15, -0.1) is 0 Å². The number of carbonyl (C=O) groups excluding carboxylic acids is 4. The molecular formula is C87H170O17P2. The van der Waals surface area contributed by atoms with Gasteiger partial charge in [0, 0.05) is 25.7 Å². The average Bonchev–Trinajstić information content (AvgIpc) is 0.902. The van der Waals surface area contributed by atoms with Crippen molar-refractivity contribution in [2.24, 2.45) is 11.8 Å². The van der Waals surface area contributed by atoms with Crippen LogP contribution in [0.1, 0.15) is 465 Å². The summed E-state index contributed by atoms with van der Waals surface area (Å²) in [5.41, 5.74) is 0. The largest absolute Gasteiger partial charge is 0.472 e. The molecule has 0 aliphatic heterocycles. The molecule has 0 fully saturated rings. The zero-order valence-electron chi connectivity index (χ0n) is 69.7. The summed E-state index contributed by atoms with van der Waals surface area (Å²) in [6.45, 7) is 9.72. The van der Waals surface area contributed by atoms with Crippen LogP contribution in [0.15, 0.2) is 0 Å². The summed E-state index contributed by atoms with van der Waals surface area (Å²) in [6, 6.07) is 0. The molecule has 3 N–H and O–H groups in total. The van der Waals surface area contributed by atoms with Gasteiger partial charge in [-0.3, -0.25) is 37.3 Å². The third-order valence-electron chi connectivity index (χ3n) is 20.8. The van der Waals surface area contributed by atoms with E-state index in [2.05, 4.69) is 41.5 Å². The molecule has 0 aromatic carbocycles. The zero-order valence-corrected chi connectivity index (χ0v) is 71.5. The minimum atomic E-state index is -4.97. The molecule has 106 heavy (non-hydrogen) atoms. The number of aliphatic hydroxyl groups is 1. The molecule has 0 bridgehead atoms. The Morgan fingerprint density at radius 2 is 0.481 bits per heavy atom. The highest BCUT2D eigenvalue weighted by Gasteiger charge is 2.30. The Morgan fingerprint density at radius 3 is 0.717 bits per heavy atom. The highest BCUT2D eigenvalue weighted by Crippen LogP contribution is 2.45. The molecule has 3 unspecified atom stereocenters. The molecule has 6 atom stereocenters. The number of ether oxygens (including phenoxy) is 4. The van der Waals surface area contributed by atoms with E-state index in [-0.39, 0.29) is 25.7 Å². The van der Waals surface area contributed by atoms with Crippen LogP contribution in [-0.4, -0.2) is 96.7 Å². The van der Waals surface area contributed by atoms with Crippen LogP contribution >= 0.6 is 15.6 Å². The summed E-state index contributed by atoms with van der Waals surface area (Å²) in [7, 11) is -9.93. The molecule has 19 heteroatoms. The zero-order chi connectivity index (χ0) is 77.8. The van der Waals surface area contributed by atoms with Crippen molar-refractivity contribution in [2.45, 2.75) is 484 Å². The molecule has 0 aliphatic rings. The van der Waals surface area contributed by atoms with Crippen LogP contribution in [0.2, 0.25) is 0 Å². The van der Waals surface area contributed by atoms with Gasteiger partial charge < -0.3 is 33.8 Å². The monoisotopic (exact) mass is 1550 g/mol. The Labute approximate surface area is 651 Å². The van der Waals surface area contributed by atoms with Gasteiger partial charge in [0.05, 0.1) is 26.4 Å². The Balaban J connectivity index is 5.26. The number of esters is 4. The van der Waals surface area contributed by atoms with E-state index in [9.17, 15) is 43.2 Å². The van der Waals surface area contributed by atoms with Gasteiger partial charge in [-0.2, -0.15) is 0 Å². The van der Waals surface area contributed by atoms with Crippen LogP contribution in [0.3, 0.4) is 0 Å². The third-order valence-corrected chi connectivity index (χ3v) is 22.7. The van der Waals surface area contributed by atoms with E-state index in [1.54, 1.807) is 0 Å². The first-order valence-corrected chi connectivity index (χ1v) is 48.0. The first kappa shape index (κ1) is 104. The summed E-state index contributed by atoms with van der Waals surface area (Å²) < 4.78 is 69.0. The molecular weight excluding hydrogens is 1380 g/mol. The summed E-state index contributed by atoms with van der Waals surface area (Å²) in [5, 5.41) is 10.7. The summed E-state index contributed by atoms with van der Waals surface area (Å²) in [4.78, 5) is 73.3. The molecule has 0 heterocycles. The number of carbonyl (C=O) groups is 4. The van der Waals surface area contributed by atoms with Gasteiger partial charge in [-0.1, -0.05) is 414 Å². The quantitative estimate of drug-likeness (QED) is 0.0222. The summed E-state index contributed by atoms with van der Waals surface area (Å²) >= 11 is 0. The molecule has 17 nitrogen and oxygen atoms in total. The van der Waals surface area contributed by atoms with E-state index in [1.165, 1.54) is 283 Å². The first-order valence-electron chi connectivity index (χ1n) is 45.0. The fourth-order valence-corrected chi connectivity index (χ4v) is 15.1. The van der Waals surface area contributed by atoms with Gasteiger partial charge in [0.15, 0.2) is 12.2 Å². The van der Waals surface area contributed by atoms with Crippen LogP contribution in [0, 0.1) is 11.8 Å². The molecule has 0 saturated carbocycles. The Kier molecular flexibility index (Phi) is 76.9. The standard InChI is InChI=1S/C87H170O17P2/c1-7-10-12-14-16-18-20-22-24-26-28-30-35-39-45-51-57-63-69-84(89)97-75-82(103-87(92)72-66-60-54-47-41-37-33-32-34-38-44-50-56-62-68-80(6)9-3)77-101-105(93,94)99-73-81(88)74-100-106(95,96)102-78-83(76-98-85(90)70-64-58-52-48-42-43-49-55-61-67-79(4)5)104-86(91)71-65-59-53-46-40-36-31-29-27-25-23-21-19-17-15-13-11-8-2/h79-83,88H,7-78H2,1-6H3,(H,93,94)(H,95,96)/t80?,81-,82-,83-/m1/s1. The number of unbranched alkanes of at least 4 members (excludes halogenated alkanes) is 55. The summed E-state index contributed by atoms with van der Waals surface area (Å²) in [5.74, 6) is -0.510. The van der Waals surface area contributed by atoms with Crippen LogP contribution in [0.4, 0.5) is 0 Å². The highest BCUT2D eigenvalue weighted by molar-refractivity contribution is 7.47. The van der Waals surface area contributed by atoms with Gasteiger partial charge in [-0.25, -0.2) is 9.13 Å². The van der Waals surface area contributed by atoms with Crippen LogP contribution < -0.4 is 0 Å². The van der Waals surface area contributed by atoms with Gasteiger partial charge in [0.1, 0.15) is 19.3 Å². The Morgan fingerprint density at radius 1 is 0.274 bits per heavy atom. The maximum atomic E-state index is 13.2. The minimum absolute atomic E-state index is 0.108. The van der Waals surface area contributed by atoms with E-state index in [0.29, 0.717) is 25.7 Å². The van der Waals surface area contributed by atoms with Crippen molar-refractivity contribution in [3.63, 3.8) is 0 Å². The normalized spacial score (nSPS) is 14.1. The van der Waals surface area contributed by atoms with Crippen LogP contribution in [0.5, 0.6) is 0 Å². The van der Waals surface area contributed by atoms with Crippen molar-refractivity contribution in [3.05, 3.63) is 0 Å². The molecule has 0 amide bonds. The second kappa shape index (κ2) is 78.3. The minimum Gasteiger partial charge on any atom is -0.462 e. The number of phosphoric ester groups is 2. The molecule has 0 aromatic rings. The number of rotatable bonds is 86. The predicted molar refractivity (Wildman–Crippen MR) is 437 cm³/mol. The lowest BCUT2D eigenvalue weighted by molar-refractivity contribution is -0.161. The Hall–Kier alpha value is -1.94. The van der Waals surface area contributed by atoms with Crippen molar-refractivity contribution in [1.82, 2.24) is 0 Å². The smallest absolute Gasteiger partial charge is 0.462 e. The van der Waals surface area contributed by atoms with Crippen LogP contribution in [-0.2, 0) is 65.4 Å². The van der Waals surface area contributed by atoms with Gasteiger partial charge in [-0.05, 0) is 37.5 Å². The van der Waals surface area contributed by atoms with Crippen molar-refractivity contribution in [2.75, 3.05) is 39.6 Å². The SMILES string of the molecule is CCCCCCCCCCCCCCCCCCCCC(=O)OC[C@H](COP(=O)(O)OC[C@@H](O)COP(=O)(O)OC[C@@H](COC(=O)CCCCCCCCCCCC(C)C)OC(=O)CCCCCCCCCCCCCCCCCCCC)OC(=O)CCCCCCCCCCCCCCCCC(C)CC. The summed E-state index contributed by atoms with van der Waals surface area (Å²) in [6.07, 6.45) is 70.7. The van der Waals surface area contributed by atoms with E-state index >= 15 is 0 Å². The van der Waals surface area contributed by atoms with E-state index in [4.69, 9.17) is 37.0 Å². The molecule has 630 valence electrons. The maximum Gasteiger partial charge on any atom is 0.472 e. The Bertz CT molecular complexity index is 2030. The second-order valence-corrected chi connectivity index (χ2v) is 34.9. The lowest BCUT2D eigenvalue weighted by Gasteiger charge is -2.21. The predicted octanol–water partition coefficient (Wildman–Crippen LogP) is 26.6. The molecule has 0 spiro atoms. The van der Waals surface area contributed by atoms with Gasteiger partial charge >= 0.3 is 39.5 Å². The lowest BCUT2D eigenvalue weighted by Crippen LogP contribution is -2.30. The van der Waals surface area contributed by atoms with E-state index < -0.39 is 97.5 Å². The van der Waals surface area contributed by atoms with Crippen molar-refractivity contribution in [1.29, 1.82) is 0 Å². The second-order valence-electron chi connectivity index (χ2n) is 32.0. The highest BCUT2D eigenvalue weighted by atomic mass is 31.2.